The maximum atomic E-state index is 3.70. The molecule has 64 valence electrons. The lowest BCUT2D eigenvalue weighted by Crippen LogP contribution is -2.38. The quantitative estimate of drug-likeness (QED) is 0.609. The third-order valence-corrected chi connectivity index (χ3v) is 3.47. The first-order chi connectivity index (χ1) is 5.25. The average molecular weight is 153 g/mol. The zero-order chi connectivity index (χ0) is 7.90. The van der Waals surface area contributed by atoms with Crippen LogP contribution in [0.4, 0.5) is 0 Å². The van der Waals surface area contributed by atoms with Crippen LogP contribution in [0.1, 0.15) is 39.5 Å². The summed E-state index contributed by atoms with van der Waals surface area (Å²) in [5.41, 5.74) is 0.617. The van der Waals surface area contributed by atoms with Gasteiger partial charge in [0.25, 0.3) is 0 Å². The molecule has 1 aliphatic heterocycles. The molecule has 0 bridgehead atoms. The van der Waals surface area contributed by atoms with Gasteiger partial charge in [0.15, 0.2) is 0 Å². The highest BCUT2D eigenvalue weighted by molar-refractivity contribution is 5.12. The summed E-state index contributed by atoms with van der Waals surface area (Å²) in [6.07, 6.45) is 5.74. The molecule has 2 unspecified atom stereocenters. The fourth-order valence-corrected chi connectivity index (χ4v) is 2.69. The second-order valence-electron chi connectivity index (χ2n) is 4.59. The summed E-state index contributed by atoms with van der Waals surface area (Å²) in [6.45, 7) is 5.98. The van der Waals surface area contributed by atoms with E-state index in [1.807, 2.05) is 0 Å². The molecule has 1 aliphatic carbocycles. The van der Waals surface area contributed by atoms with Gasteiger partial charge in [-0.25, -0.2) is 0 Å². The minimum absolute atomic E-state index is 0.617. The third kappa shape index (κ3) is 1.20. The number of hydrogen-bond acceptors (Lipinski definition) is 1. The van der Waals surface area contributed by atoms with E-state index < -0.39 is 0 Å². The Labute approximate surface area is 69.6 Å². The van der Waals surface area contributed by atoms with Gasteiger partial charge in [0.2, 0.25) is 0 Å². The number of rotatable bonds is 1. The average Bonchev–Trinajstić information content (AvgIpc) is 2.66. The van der Waals surface area contributed by atoms with Gasteiger partial charge >= 0.3 is 0 Å². The summed E-state index contributed by atoms with van der Waals surface area (Å²) in [7, 11) is 0. The van der Waals surface area contributed by atoms with Gasteiger partial charge in [-0.15, -0.1) is 0 Å². The molecule has 1 heteroatoms. The van der Waals surface area contributed by atoms with Crippen molar-refractivity contribution in [3.05, 3.63) is 0 Å². The van der Waals surface area contributed by atoms with Gasteiger partial charge in [0.05, 0.1) is 0 Å². The highest BCUT2D eigenvalue weighted by atomic mass is 15.1. The molecule has 11 heavy (non-hydrogen) atoms. The van der Waals surface area contributed by atoms with E-state index in [9.17, 15) is 0 Å². The number of hydrogen-bond donors (Lipinski definition) is 1. The van der Waals surface area contributed by atoms with Crippen molar-refractivity contribution in [2.75, 3.05) is 6.54 Å². The fraction of sp³-hybridized carbons (Fsp3) is 1.00. The van der Waals surface area contributed by atoms with Crippen LogP contribution in [0.15, 0.2) is 0 Å². The second-order valence-corrected chi connectivity index (χ2v) is 4.59. The minimum atomic E-state index is 0.617. The van der Waals surface area contributed by atoms with Crippen LogP contribution in [0, 0.1) is 11.8 Å². The van der Waals surface area contributed by atoms with Crippen LogP contribution in [0.2, 0.25) is 0 Å². The van der Waals surface area contributed by atoms with Gasteiger partial charge in [-0.05, 0) is 37.6 Å². The summed E-state index contributed by atoms with van der Waals surface area (Å²) in [5, 5.41) is 3.70. The monoisotopic (exact) mass is 153 g/mol. The summed E-state index contributed by atoms with van der Waals surface area (Å²) in [6, 6.07) is 0. The SMILES string of the molecule is CC(C)C1CC12CCCCN2. The van der Waals surface area contributed by atoms with Crippen molar-refractivity contribution in [1.29, 1.82) is 0 Å². The van der Waals surface area contributed by atoms with E-state index in [-0.39, 0.29) is 0 Å². The van der Waals surface area contributed by atoms with E-state index in [1.54, 1.807) is 0 Å². The van der Waals surface area contributed by atoms with Crippen molar-refractivity contribution in [3.8, 4) is 0 Å². The first kappa shape index (κ1) is 7.60. The molecule has 0 aromatic carbocycles. The van der Waals surface area contributed by atoms with Gasteiger partial charge in [0, 0.05) is 5.54 Å². The van der Waals surface area contributed by atoms with Gasteiger partial charge in [-0.2, -0.15) is 0 Å². The second kappa shape index (κ2) is 2.48. The molecule has 1 heterocycles. The Bertz CT molecular complexity index is 145. The molecular formula is C10H19N. The molecule has 1 N–H and O–H groups in total. The van der Waals surface area contributed by atoms with Crippen LogP contribution in [-0.4, -0.2) is 12.1 Å². The first-order valence-corrected chi connectivity index (χ1v) is 5.00. The summed E-state index contributed by atoms with van der Waals surface area (Å²) in [4.78, 5) is 0. The van der Waals surface area contributed by atoms with E-state index in [0.29, 0.717) is 5.54 Å². The third-order valence-electron chi connectivity index (χ3n) is 3.47. The zero-order valence-electron chi connectivity index (χ0n) is 7.69. The molecule has 0 radical (unpaired) electrons. The Morgan fingerprint density at radius 2 is 2.18 bits per heavy atom. The Balaban J connectivity index is 1.93. The van der Waals surface area contributed by atoms with E-state index in [1.165, 1.54) is 32.2 Å². The molecule has 0 aromatic heterocycles. The minimum Gasteiger partial charge on any atom is -0.311 e. The number of nitrogens with one attached hydrogen (secondary N) is 1. The Morgan fingerprint density at radius 1 is 1.36 bits per heavy atom. The van der Waals surface area contributed by atoms with Crippen LogP contribution in [0.25, 0.3) is 0 Å². The van der Waals surface area contributed by atoms with E-state index in [2.05, 4.69) is 19.2 Å². The van der Waals surface area contributed by atoms with Crippen molar-refractivity contribution in [3.63, 3.8) is 0 Å². The number of piperidine rings is 1. The molecule has 2 fully saturated rings. The predicted octanol–water partition coefficient (Wildman–Crippen LogP) is 2.17. The van der Waals surface area contributed by atoms with Gasteiger partial charge in [0.1, 0.15) is 0 Å². The van der Waals surface area contributed by atoms with Gasteiger partial charge in [-0.1, -0.05) is 20.3 Å². The van der Waals surface area contributed by atoms with Crippen LogP contribution < -0.4 is 5.32 Å². The summed E-state index contributed by atoms with van der Waals surface area (Å²) >= 11 is 0. The van der Waals surface area contributed by atoms with Crippen molar-refractivity contribution in [2.45, 2.75) is 45.1 Å². The fourth-order valence-electron chi connectivity index (χ4n) is 2.69. The predicted molar refractivity (Wildman–Crippen MR) is 47.5 cm³/mol. The van der Waals surface area contributed by atoms with Crippen LogP contribution in [0.5, 0.6) is 0 Å². The maximum Gasteiger partial charge on any atom is 0.0216 e. The normalized spacial score (nSPS) is 43.4. The first-order valence-electron chi connectivity index (χ1n) is 5.00. The Kier molecular flexibility index (Phi) is 1.71. The van der Waals surface area contributed by atoms with Crippen molar-refractivity contribution < 1.29 is 0 Å². The van der Waals surface area contributed by atoms with Crippen LogP contribution in [-0.2, 0) is 0 Å². The van der Waals surface area contributed by atoms with E-state index in [0.717, 1.165) is 11.8 Å². The molecule has 1 nitrogen and oxygen atoms in total. The van der Waals surface area contributed by atoms with Crippen LogP contribution in [0.3, 0.4) is 0 Å². The zero-order valence-corrected chi connectivity index (χ0v) is 7.69. The van der Waals surface area contributed by atoms with Gasteiger partial charge in [-0.3, -0.25) is 0 Å². The molecule has 2 atom stereocenters. The Morgan fingerprint density at radius 3 is 2.64 bits per heavy atom. The highest BCUT2D eigenvalue weighted by Gasteiger charge is 2.54. The molecule has 1 spiro atoms. The molecule has 0 amide bonds. The largest absolute Gasteiger partial charge is 0.311 e. The maximum absolute atomic E-state index is 3.70. The van der Waals surface area contributed by atoms with Crippen molar-refractivity contribution in [2.24, 2.45) is 11.8 Å². The topological polar surface area (TPSA) is 12.0 Å². The molecule has 2 aliphatic rings. The van der Waals surface area contributed by atoms with Crippen molar-refractivity contribution >= 4 is 0 Å². The van der Waals surface area contributed by atoms with E-state index >= 15 is 0 Å². The lowest BCUT2D eigenvalue weighted by atomic mass is 9.96. The molecule has 0 aromatic rings. The van der Waals surface area contributed by atoms with E-state index in [4.69, 9.17) is 0 Å². The summed E-state index contributed by atoms with van der Waals surface area (Å²) in [5.74, 6) is 1.88. The van der Waals surface area contributed by atoms with Crippen molar-refractivity contribution in [1.82, 2.24) is 5.32 Å². The van der Waals surface area contributed by atoms with Gasteiger partial charge < -0.3 is 5.32 Å². The standard InChI is InChI=1S/C10H19N/c1-8(2)9-7-10(9)5-3-4-6-11-10/h8-9,11H,3-7H2,1-2H3. The molecule has 2 rings (SSSR count). The Hall–Kier alpha value is -0.0400. The molecule has 1 saturated heterocycles. The molecule has 1 saturated carbocycles. The van der Waals surface area contributed by atoms with Crippen LogP contribution >= 0.6 is 0 Å². The highest BCUT2D eigenvalue weighted by Crippen LogP contribution is 2.52. The summed E-state index contributed by atoms with van der Waals surface area (Å²) < 4.78 is 0. The molecular weight excluding hydrogens is 134 g/mol. The lowest BCUT2D eigenvalue weighted by Gasteiger charge is -2.25. The lowest BCUT2D eigenvalue weighted by molar-refractivity contribution is 0.331. The smallest absolute Gasteiger partial charge is 0.0216 e.